The van der Waals surface area contributed by atoms with E-state index in [0.717, 1.165) is 43.7 Å². The molecule has 3 fully saturated rings. The molecule has 6 nitrogen and oxygen atoms in total. The maximum atomic E-state index is 12.6. The number of pyridine rings is 1. The predicted octanol–water partition coefficient (Wildman–Crippen LogP) is 3.40. The molecular weight excluding hydrogens is 352 g/mol. The van der Waals surface area contributed by atoms with Gasteiger partial charge >= 0.3 is 6.09 Å². The third-order valence-corrected chi connectivity index (χ3v) is 5.93. The fourth-order valence-corrected chi connectivity index (χ4v) is 4.40. The molecule has 4 heterocycles. The molecule has 148 valence electrons. The van der Waals surface area contributed by atoms with Gasteiger partial charge in [-0.05, 0) is 68.2 Å². The molecule has 3 aliphatic rings. The highest BCUT2D eigenvalue weighted by Gasteiger charge is 2.44. The highest BCUT2D eigenvalue weighted by atomic mass is 16.6. The van der Waals surface area contributed by atoms with Crippen LogP contribution in [0.1, 0.15) is 18.4 Å². The summed E-state index contributed by atoms with van der Waals surface area (Å²) >= 11 is 0. The van der Waals surface area contributed by atoms with Gasteiger partial charge in [0.2, 0.25) is 0 Å². The van der Waals surface area contributed by atoms with E-state index >= 15 is 0 Å². The maximum absolute atomic E-state index is 12.6. The Balaban J connectivity index is 1.42. The van der Waals surface area contributed by atoms with Crippen molar-refractivity contribution < 1.29 is 9.53 Å². The second-order valence-corrected chi connectivity index (χ2v) is 7.94. The Kier molecular flexibility index (Phi) is 5.48. The van der Waals surface area contributed by atoms with Crippen LogP contribution in [0.2, 0.25) is 0 Å². The van der Waals surface area contributed by atoms with Gasteiger partial charge in [-0.3, -0.25) is 15.2 Å². The van der Waals surface area contributed by atoms with Gasteiger partial charge in [0.1, 0.15) is 6.10 Å². The summed E-state index contributed by atoms with van der Waals surface area (Å²) in [5.74, 6) is 0.438. The molecule has 1 N–H and O–H groups in total. The third-order valence-electron chi connectivity index (χ3n) is 5.93. The number of carbonyl (C=O) groups excluding carboxylic acids is 1. The van der Waals surface area contributed by atoms with Crippen LogP contribution >= 0.6 is 0 Å². The molecule has 1 aromatic carbocycles. The number of amides is 1. The fourth-order valence-electron chi connectivity index (χ4n) is 4.40. The molecule has 0 radical (unpaired) electrons. The van der Waals surface area contributed by atoms with Crippen molar-refractivity contribution in [1.29, 1.82) is 0 Å². The summed E-state index contributed by atoms with van der Waals surface area (Å²) in [7, 11) is 3.99. The predicted molar refractivity (Wildman–Crippen MR) is 111 cm³/mol. The molecule has 2 aromatic rings. The molecule has 0 aliphatic carbocycles. The van der Waals surface area contributed by atoms with E-state index in [-0.39, 0.29) is 18.2 Å². The van der Waals surface area contributed by atoms with E-state index < -0.39 is 0 Å². The Bertz CT molecular complexity index is 786. The number of ether oxygens (including phenoxy) is 1. The quantitative estimate of drug-likeness (QED) is 0.862. The first kappa shape index (κ1) is 18.7. The molecule has 6 heteroatoms. The van der Waals surface area contributed by atoms with Gasteiger partial charge in [-0.1, -0.05) is 6.07 Å². The maximum Gasteiger partial charge on any atom is 0.411 e. The van der Waals surface area contributed by atoms with Crippen LogP contribution in [0.4, 0.5) is 16.2 Å². The van der Waals surface area contributed by atoms with Crippen LogP contribution in [0, 0.1) is 5.92 Å². The standard InChI is InChI=1S/C22H28N4O2/c1-25(2)19-7-5-18(6-8-19)24-22(27)28-21-17-9-12-26(13-10-17)20(21)14-16-4-3-11-23-15-16/h3-8,11,15,17,20-21H,9-10,12-14H2,1-2H3,(H,24,27)/t20-,21+/m1/s1. The normalized spacial score (nSPS) is 25.9. The molecule has 5 rings (SSSR count). The van der Waals surface area contributed by atoms with Crippen molar-refractivity contribution in [2.24, 2.45) is 5.92 Å². The van der Waals surface area contributed by atoms with Gasteiger partial charge in [-0.15, -0.1) is 0 Å². The molecule has 2 atom stereocenters. The number of aromatic nitrogens is 1. The zero-order valence-corrected chi connectivity index (χ0v) is 16.5. The van der Waals surface area contributed by atoms with E-state index in [2.05, 4.69) is 21.3 Å². The summed E-state index contributed by atoms with van der Waals surface area (Å²) < 4.78 is 5.97. The smallest absolute Gasteiger partial charge is 0.411 e. The van der Waals surface area contributed by atoms with Crippen LogP contribution in [-0.2, 0) is 11.2 Å². The SMILES string of the molecule is CN(C)c1ccc(NC(=O)O[C@H]2C3CCN(CC3)[C@@H]2Cc2cccnc2)cc1. The Labute approximate surface area is 166 Å². The van der Waals surface area contributed by atoms with Crippen molar-refractivity contribution in [1.82, 2.24) is 9.88 Å². The minimum absolute atomic E-state index is 0.0799. The Morgan fingerprint density at radius 1 is 1.21 bits per heavy atom. The zero-order chi connectivity index (χ0) is 19.5. The highest BCUT2D eigenvalue weighted by molar-refractivity contribution is 5.85. The molecule has 3 saturated heterocycles. The van der Waals surface area contributed by atoms with E-state index in [1.54, 1.807) is 6.20 Å². The third kappa shape index (κ3) is 4.12. The largest absolute Gasteiger partial charge is 0.444 e. The average Bonchev–Trinajstić information content (AvgIpc) is 2.71. The fraction of sp³-hybridized carbons (Fsp3) is 0.455. The molecule has 0 saturated carbocycles. The minimum atomic E-state index is -0.368. The molecule has 0 unspecified atom stereocenters. The Morgan fingerprint density at radius 3 is 2.61 bits per heavy atom. The monoisotopic (exact) mass is 380 g/mol. The van der Waals surface area contributed by atoms with Crippen LogP contribution in [0.5, 0.6) is 0 Å². The summed E-state index contributed by atoms with van der Waals surface area (Å²) in [6, 6.07) is 12.1. The van der Waals surface area contributed by atoms with Gasteiger partial charge in [-0.2, -0.15) is 0 Å². The summed E-state index contributed by atoms with van der Waals surface area (Å²) in [5, 5.41) is 2.89. The van der Waals surface area contributed by atoms with Crippen molar-refractivity contribution in [2.75, 3.05) is 37.4 Å². The first-order valence-corrected chi connectivity index (χ1v) is 9.98. The van der Waals surface area contributed by atoms with Crippen molar-refractivity contribution in [2.45, 2.75) is 31.4 Å². The summed E-state index contributed by atoms with van der Waals surface area (Å²) in [6.07, 6.45) is 6.31. The molecular formula is C22H28N4O2. The number of hydrogen-bond acceptors (Lipinski definition) is 5. The number of benzene rings is 1. The van der Waals surface area contributed by atoms with Gasteiger partial charge in [-0.25, -0.2) is 4.79 Å². The van der Waals surface area contributed by atoms with Crippen LogP contribution in [0.3, 0.4) is 0 Å². The van der Waals surface area contributed by atoms with Gasteiger partial charge in [0.15, 0.2) is 0 Å². The highest BCUT2D eigenvalue weighted by Crippen LogP contribution is 2.36. The number of anilines is 2. The molecule has 28 heavy (non-hydrogen) atoms. The van der Waals surface area contributed by atoms with E-state index in [9.17, 15) is 4.79 Å². The van der Waals surface area contributed by atoms with Crippen LogP contribution in [0.25, 0.3) is 0 Å². The number of piperidine rings is 3. The zero-order valence-electron chi connectivity index (χ0n) is 16.5. The molecule has 0 spiro atoms. The van der Waals surface area contributed by atoms with Gasteiger partial charge in [0.25, 0.3) is 0 Å². The van der Waals surface area contributed by atoms with Gasteiger partial charge in [0, 0.05) is 43.8 Å². The van der Waals surface area contributed by atoms with Crippen LogP contribution in [0.15, 0.2) is 48.8 Å². The topological polar surface area (TPSA) is 57.7 Å². The minimum Gasteiger partial charge on any atom is -0.444 e. The second kappa shape index (κ2) is 8.19. The lowest BCUT2D eigenvalue weighted by Gasteiger charge is -2.50. The number of carbonyl (C=O) groups is 1. The molecule has 1 amide bonds. The van der Waals surface area contributed by atoms with E-state index in [0.29, 0.717) is 5.92 Å². The van der Waals surface area contributed by atoms with Crippen molar-refractivity contribution in [3.05, 3.63) is 54.4 Å². The van der Waals surface area contributed by atoms with Gasteiger partial charge in [0.05, 0.1) is 6.04 Å². The first-order valence-electron chi connectivity index (χ1n) is 9.98. The summed E-state index contributed by atoms with van der Waals surface area (Å²) in [5.41, 5.74) is 3.03. The van der Waals surface area contributed by atoms with E-state index in [4.69, 9.17) is 4.74 Å². The first-order chi connectivity index (χ1) is 13.6. The van der Waals surface area contributed by atoms with Crippen molar-refractivity contribution in [3.8, 4) is 0 Å². The molecule has 3 aliphatic heterocycles. The van der Waals surface area contributed by atoms with Crippen LogP contribution < -0.4 is 10.2 Å². The lowest BCUT2D eigenvalue weighted by Crippen LogP contribution is -2.60. The second-order valence-electron chi connectivity index (χ2n) is 7.94. The number of fused-ring (bicyclic) bond motifs is 3. The lowest BCUT2D eigenvalue weighted by molar-refractivity contribution is -0.0741. The average molecular weight is 380 g/mol. The van der Waals surface area contributed by atoms with E-state index in [1.165, 1.54) is 5.56 Å². The number of nitrogens with one attached hydrogen (secondary N) is 1. The lowest BCUT2D eigenvalue weighted by atomic mass is 9.78. The Hall–Kier alpha value is -2.60. The summed E-state index contributed by atoms with van der Waals surface area (Å²) in [6.45, 7) is 2.17. The number of nitrogens with zero attached hydrogens (tertiary/aromatic N) is 3. The van der Waals surface area contributed by atoms with Crippen LogP contribution in [-0.4, -0.2) is 55.3 Å². The number of rotatable bonds is 5. The van der Waals surface area contributed by atoms with Gasteiger partial charge < -0.3 is 9.64 Å². The van der Waals surface area contributed by atoms with Crippen molar-refractivity contribution in [3.63, 3.8) is 0 Å². The molecule has 1 aromatic heterocycles. The summed E-state index contributed by atoms with van der Waals surface area (Å²) in [4.78, 5) is 21.3. The Morgan fingerprint density at radius 2 is 1.96 bits per heavy atom. The van der Waals surface area contributed by atoms with Crippen molar-refractivity contribution >= 4 is 17.5 Å². The number of hydrogen-bond donors (Lipinski definition) is 1. The van der Waals surface area contributed by atoms with E-state index in [1.807, 2.05) is 55.5 Å². The molecule has 2 bridgehead atoms.